The van der Waals surface area contributed by atoms with Crippen molar-refractivity contribution in [3.05, 3.63) is 99.4 Å². The number of non-ortho nitro benzene ring substituents is 1. The van der Waals surface area contributed by atoms with E-state index in [1.807, 2.05) is 12.1 Å². The molecule has 0 aliphatic carbocycles. The van der Waals surface area contributed by atoms with Crippen LogP contribution in [0.25, 0.3) is 0 Å². The molecule has 0 saturated heterocycles. The highest BCUT2D eigenvalue weighted by molar-refractivity contribution is 5.33. The van der Waals surface area contributed by atoms with Gasteiger partial charge in [0.2, 0.25) is 0 Å². The van der Waals surface area contributed by atoms with E-state index in [9.17, 15) is 10.1 Å². The highest BCUT2D eigenvalue weighted by Gasteiger charge is 2.12. The van der Waals surface area contributed by atoms with Crippen LogP contribution in [0.3, 0.4) is 0 Å². The standard InChI is InChI=1S/C25H31N3O2/c1-20(2)13-15-26(17-22-9-11-24(12-10-22)28(29)30)19-25-8-5-14-27(25)18-23-7-4-6-21(3)16-23/h4-12,14,16,20H,13,15,17-19H2,1-3H3. The van der Waals surface area contributed by atoms with Gasteiger partial charge >= 0.3 is 0 Å². The molecule has 0 N–H and O–H groups in total. The summed E-state index contributed by atoms with van der Waals surface area (Å²) in [5.41, 5.74) is 5.09. The smallest absolute Gasteiger partial charge is 0.269 e. The molecule has 1 aromatic heterocycles. The Kier molecular flexibility index (Phi) is 7.41. The fraction of sp³-hybridized carbons (Fsp3) is 0.360. The van der Waals surface area contributed by atoms with E-state index in [0.29, 0.717) is 5.92 Å². The molecule has 0 amide bonds. The molecule has 0 fully saturated rings. The quantitative estimate of drug-likeness (QED) is 0.316. The van der Waals surface area contributed by atoms with Crippen molar-refractivity contribution in [1.82, 2.24) is 9.47 Å². The topological polar surface area (TPSA) is 51.3 Å². The van der Waals surface area contributed by atoms with Gasteiger partial charge in [0.15, 0.2) is 0 Å². The van der Waals surface area contributed by atoms with Crippen LogP contribution >= 0.6 is 0 Å². The number of aryl methyl sites for hydroxylation is 1. The minimum Gasteiger partial charge on any atom is -0.346 e. The normalized spacial score (nSPS) is 11.4. The molecular formula is C25H31N3O2. The molecule has 0 atom stereocenters. The van der Waals surface area contributed by atoms with Crippen LogP contribution in [0.4, 0.5) is 5.69 Å². The third kappa shape index (κ3) is 6.29. The molecule has 3 rings (SSSR count). The minimum atomic E-state index is -0.349. The molecule has 0 radical (unpaired) electrons. The van der Waals surface area contributed by atoms with Gasteiger partial charge in [0.1, 0.15) is 0 Å². The van der Waals surface area contributed by atoms with Crippen LogP contribution in [-0.4, -0.2) is 20.9 Å². The fourth-order valence-corrected chi connectivity index (χ4v) is 3.62. The summed E-state index contributed by atoms with van der Waals surface area (Å²) in [5, 5.41) is 10.9. The first-order chi connectivity index (χ1) is 14.4. The Morgan fingerprint density at radius 2 is 1.77 bits per heavy atom. The lowest BCUT2D eigenvalue weighted by Gasteiger charge is -2.24. The zero-order valence-electron chi connectivity index (χ0n) is 18.1. The minimum absolute atomic E-state index is 0.138. The van der Waals surface area contributed by atoms with Gasteiger partial charge in [-0.05, 0) is 49.1 Å². The Bertz CT molecular complexity index is 961. The van der Waals surface area contributed by atoms with Crippen LogP contribution in [0.15, 0.2) is 66.9 Å². The summed E-state index contributed by atoms with van der Waals surface area (Å²) in [5.74, 6) is 0.628. The zero-order chi connectivity index (χ0) is 21.5. The summed E-state index contributed by atoms with van der Waals surface area (Å²) in [6.07, 6.45) is 3.26. The van der Waals surface area contributed by atoms with Crippen molar-refractivity contribution in [2.24, 2.45) is 5.92 Å². The largest absolute Gasteiger partial charge is 0.346 e. The van der Waals surface area contributed by atoms with E-state index in [-0.39, 0.29) is 10.6 Å². The number of aromatic nitrogens is 1. The van der Waals surface area contributed by atoms with Crippen LogP contribution in [0, 0.1) is 23.0 Å². The van der Waals surface area contributed by atoms with Gasteiger partial charge in [0.05, 0.1) is 4.92 Å². The molecule has 0 bridgehead atoms. The van der Waals surface area contributed by atoms with Crippen molar-refractivity contribution >= 4 is 5.69 Å². The van der Waals surface area contributed by atoms with E-state index >= 15 is 0 Å². The molecule has 0 saturated carbocycles. The molecule has 0 spiro atoms. The van der Waals surface area contributed by atoms with Crippen LogP contribution in [-0.2, 0) is 19.6 Å². The maximum absolute atomic E-state index is 10.9. The van der Waals surface area contributed by atoms with Crippen LogP contribution in [0.2, 0.25) is 0 Å². The van der Waals surface area contributed by atoms with Gasteiger partial charge in [-0.3, -0.25) is 15.0 Å². The second-order valence-electron chi connectivity index (χ2n) is 8.43. The summed E-state index contributed by atoms with van der Waals surface area (Å²) >= 11 is 0. The number of rotatable bonds is 10. The van der Waals surface area contributed by atoms with Crippen LogP contribution in [0.5, 0.6) is 0 Å². The highest BCUT2D eigenvalue weighted by atomic mass is 16.6. The molecule has 5 nitrogen and oxygen atoms in total. The molecule has 30 heavy (non-hydrogen) atoms. The van der Waals surface area contributed by atoms with Crippen molar-refractivity contribution < 1.29 is 4.92 Å². The first-order valence-electron chi connectivity index (χ1n) is 10.6. The second kappa shape index (κ2) is 10.2. The number of hydrogen-bond acceptors (Lipinski definition) is 3. The predicted molar refractivity (Wildman–Crippen MR) is 121 cm³/mol. The average molecular weight is 406 g/mol. The molecule has 0 aliphatic rings. The highest BCUT2D eigenvalue weighted by Crippen LogP contribution is 2.17. The van der Waals surface area contributed by atoms with E-state index < -0.39 is 0 Å². The van der Waals surface area contributed by atoms with E-state index in [1.54, 1.807) is 12.1 Å². The third-order valence-electron chi connectivity index (χ3n) is 5.32. The van der Waals surface area contributed by atoms with Gasteiger partial charge in [-0.25, -0.2) is 0 Å². The van der Waals surface area contributed by atoms with Crippen molar-refractivity contribution in [1.29, 1.82) is 0 Å². The molecule has 0 unspecified atom stereocenters. The number of hydrogen-bond donors (Lipinski definition) is 0. The lowest BCUT2D eigenvalue weighted by molar-refractivity contribution is -0.384. The fourth-order valence-electron chi connectivity index (χ4n) is 3.62. The van der Waals surface area contributed by atoms with Gasteiger partial charge in [0.25, 0.3) is 5.69 Å². The van der Waals surface area contributed by atoms with Gasteiger partial charge in [-0.2, -0.15) is 0 Å². The lowest BCUT2D eigenvalue weighted by atomic mass is 10.1. The van der Waals surface area contributed by atoms with Crippen molar-refractivity contribution in [3.63, 3.8) is 0 Å². The first-order valence-corrected chi connectivity index (χ1v) is 10.6. The predicted octanol–water partition coefficient (Wildman–Crippen LogP) is 5.80. The molecule has 0 aliphatic heterocycles. The van der Waals surface area contributed by atoms with Gasteiger partial charge in [0, 0.05) is 43.7 Å². The maximum Gasteiger partial charge on any atom is 0.269 e. The Hall–Kier alpha value is -2.92. The zero-order valence-corrected chi connectivity index (χ0v) is 18.1. The number of nitrogens with zero attached hydrogens (tertiary/aromatic N) is 3. The number of nitro groups is 1. The molecular weight excluding hydrogens is 374 g/mol. The SMILES string of the molecule is Cc1cccc(Cn2cccc2CN(CCC(C)C)Cc2ccc([N+](=O)[O-])cc2)c1. The van der Waals surface area contributed by atoms with Crippen LogP contribution in [0.1, 0.15) is 42.7 Å². The Balaban J connectivity index is 1.73. The Morgan fingerprint density at radius 1 is 1.00 bits per heavy atom. The first kappa shape index (κ1) is 21.8. The van der Waals surface area contributed by atoms with Crippen molar-refractivity contribution in [3.8, 4) is 0 Å². The van der Waals surface area contributed by atoms with Crippen molar-refractivity contribution in [2.75, 3.05) is 6.54 Å². The molecule has 2 aromatic carbocycles. The number of benzene rings is 2. The van der Waals surface area contributed by atoms with E-state index in [4.69, 9.17) is 0 Å². The Morgan fingerprint density at radius 3 is 2.43 bits per heavy atom. The molecule has 158 valence electrons. The summed E-state index contributed by atoms with van der Waals surface area (Å²) < 4.78 is 2.31. The van der Waals surface area contributed by atoms with Crippen LogP contribution < -0.4 is 0 Å². The van der Waals surface area contributed by atoms with Gasteiger partial charge < -0.3 is 4.57 Å². The van der Waals surface area contributed by atoms with E-state index in [2.05, 4.69) is 72.8 Å². The summed E-state index contributed by atoms with van der Waals surface area (Å²) in [4.78, 5) is 13.0. The molecule has 5 heteroatoms. The van der Waals surface area contributed by atoms with Crippen molar-refractivity contribution in [2.45, 2.75) is 46.8 Å². The second-order valence-corrected chi connectivity index (χ2v) is 8.43. The lowest BCUT2D eigenvalue weighted by Crippen LogP contribution is -2.26. The summed E-state index contributed by atoms with van der Waals surface area (Å²) in [6.45, 7) is 10.1. The van der Waals surface area contributed by atoms with Gasteiger partial charge in [-0.1, -0.05) is 55.8 Å². The monoisotopic (exact) mass is 405 g/mol. The maximum atomic E-state index is 10.9. The molecule has 3 aromatic rings. The molecule has 1 heterocycles. The Labute approximate surface area is 179 Å². The summed E-state index contributed by atoms with van der Waals surface area (Å²) in [6, 6.07) is 19.9. The third-order valence-corrected chi connectivity index (χ3v) is 5.32. The number of nitro benzene ring substituents is 1. The van der Waals surface area contributed by atoms with Gasteiger partial charge in [-0.15, -0.1) is 0 Å². The summed E-state index contributed by atoms with van der Waals surface area (Å²) in [7, 11) is 0. The average Bonchev–Trinajstić information content (AvgIpc) is 3.13. The van der Waals surface area contributed by atoms with E-state index in [1.165, 1.54) is 16.8 Å². The van der Waals surface area contributed by atoms with E-state index in [0.717, 1.165) is 38.2 Å².